The molecule has 1 aromatic carbocycles. The summed E-state index contributed by atoms with van der Waals surface area (Å²) in [6.07, 6.45) is -1.67. The van der Waals surface area contributed by atoms with Crippen LogP contribution in [-0.4, -0.2) is 19.9 Å². The predicted octanol–water partition coefficient (Wildman–Crippen LogP) is 5.55. The molecule has 0 radical (unpaired) electrons. The summed E-state index contributed by atoms with van der Waals surface area (Å²) in [5.74, 6) is 0.712. The molecule has 0 aliphatic carbocycles. The van der Waals surface area contributed by atoms with Crippen LogP contribution in [0.3, 0.4) is 0 Å². The fraction of sp³-hybridized carbons (Fsp3) is 0.0526. The zero-order valence-corrected chi connectivity index (χ0v) is 14.7. The van der Waals surface area contributed by atoms with Crippen LogP contribution < -0.4 is 4.74 Å². The summed E-state index contributed by atoms with van der Waals surface area (Å²) in [5.41, 5.74) is 0.206. The zero-order valence-electron chi connectivity index (χ0n) is 14.0. The average molecular weight is 403 g/mol. The summed E-state index contributed by atoms with van der Waals surface area (Å²) in [4.78, 5) is 15.7. The molecule has 0 fully saturated rings. The van der Waals surface area contributed by atoms with Crippen molar-refractivity contribution in [3.63, 3.8) is 0 Å². The molecule has 28 heavy (non-hydrogen) atoms. The van der Waals surface area contributed by atoms with E-state index in [4.69, 9.17) is 16.3 Å². The van der Waals surface area contributed by atoms with E-state index in [0.717, 1.165) is 17.0 Å². The SMILES string of the molecule is FC(F)(F)c1ccc(-c2cc(Oc3ccc4cccnc4c3)ncn2)c(Cl)n1. The normalized spacial score (nSPS) is 11.6. The molecule has 4 rings (SSSR count). The molecule has 0 atom stereocenters. The lowest BCUT2D eigenvalue weighted by atomic mass is 10.2. The van der Waals surface area contributed by atoms with Gasteiger partial charge in [-0.15, -0.1) is 0 Å². The summed E-state index contributed by atoms with van der Waals surface area (Å²) in [5, 5.41) is 0.648. The number of halogens is 4. The minimum atomic E-state index is -4.58. The van der Waals surface area contributed by atoms with E-state index in [9.17, 15) is 13.2 Å². The number of fused-ring (bicyclic) bond motifs is 1. The minimum absolute atomic E-state index is 0.205. The van der Waals surface area contributed by atoms with E-state index in [-0.39, 0.29) is 22.3 Å². The van der Waals surface area contributed by atoms with Crippen molar-refractivity contribution in [2.75, 3.05) is 0 Å². The van der Waals surface area contributed by atoms with Crippen molar-refractivity contribution in [2.45, 2.75) is 6.18 Å². The Labute approximate surface area is 161 Å². The summed E-state index contributed by atoms with van der Waals surface area (Å²) >= 11 is 5.93. The molecule has 140 valence electrons. The van der Waals surface area contributed by atoms with Gasteiger partial charge in [0.1, 0.15) is 22.9 Å². The molecule has 4 aromatic rings. The van der Waals surface area contributed by atoms with Crippen molar-refractivity contribution in [3.05, 3.63) is 71.9 Å². The van der Waals surface area contributed by atoms with Crippen LogP contribution in [0.4, 0.5) is 13.2 Å². The standard InChI is InChI=1S/C19H10ClF3N4O/c20-18-13(5-6-16(27-18)19(21,22)23)15-9-17(26-10-25-15)28-12-4-3-11-2-1-7-24-14(11)8-12/h1-10H. The van der Waals surface area contributed by atoms with Gasteiger partial charge < -0.3 is 4.74 Å². The van der Waals surface area contributed by atoms with Gasteiger partial charge in [0.15, 0.2) is 0 Å². The lowest BCUT2D eigenvalue weighted by Crippen LogP contribution is -2.08. The largest absolute Gasteiger partial charge is 0.439 e. The molecular weight excluding hydrogens is 393 g/mol. The van der Waals surface area contributed by atoms with Gasteiger partial charge in [0, 0.05) is 29.3 Å². The highest BCUT2D eigenvalue weighted by Crippen LogP contribution is 2.33. The van der Waals surface area contributed by atoms with Crippen LogP contribution in [0.15, 0.2) is 61.1 Å². The quantitative estimate of drug-likeness (QED) is 0.420. The first kappa shape index (κ1) is 18.1. The second kappa shape index (κ2) is 7.05. The number of aromatic nitrogens is 4. The molecule has 0 bridgehead atoms. The second-order valence-electron chi connectivity index (χ2n) is 5.73. The Bertz CT molecular complexity index is 1170. The summed E-state index contributed by atoms with van der Waals surface area (Å²) in [6, 6.07) is 12.7. The van der Waals surface area contributed by atoms with Gasteiger partial charge in [0.05, 0.1) is 11.2 Å². The number of pyridine rings is 2. The van der Waals surface area contributed by atoms with Crippen molar-refractivity contribution in [2.24, 2.45) is 0 Å². The van der Waals surface area contributed by atoms with E-state index in [1.165, 1.54) is 18.5 Å². The van der Waals surface area contributed by atoms with Crippen molar-refractivity contribution in [1.29, 1.82) is 0 Å². The molecule has 0 N–H and O–H groups in total. The zero-order chi connectivity index (χ0) is 19.7. The van der Waals surface area contributed by atoms with Crippen molar-refractivity contribution in [1.82, 2.24) is 19.9 Å². The fourth-order valence-electron chi connectivity index (χ4n) is 2.56. The lowest BCUT2D eigenvalue weighted by Gasteiger charge is -2.10. The molecule has 9 heteroatoms. The Morgan fingerprint density at radius 2 is 1.79 bits per heavy atom. The Kier molecular flexibility index (Phi) is 4.56. The van der Waals surface area contributed by atoms with Gasteiger partial charge in [0.2, 0.25) is 5.88 Å². The molecule has 0 saturated carbocycles. The second-order valence-corrected chi connectivity index (χ2v) is 6.09. The van der Waals surface area contributed by atoms with Crippen LogP contribution in [0.2, 0.25) is 5.15 Å². The van der Waals surface area contributed by atoms with Gasteiger partial charge in [-0.25, -0.2) is 15.0 Å². The molecule has 3 heterocycles. The van der Waals surface area contributed by atoms with Crippen LogP contribution in [0.1, 0.15) is 5.69 Å². The van der Waals surface area contributed by atoms with E-state index >= 15 is 0 Å². The highest BCUT2D eigenvalue weighted by Gasteiger charge is 2.33. The third-order valence-corrected chi connectivity index (χ3v) is 4.15. The first-order valence-electron chi connectivity index (χ1n) is 7.99. The topological polar surface area (TPSA) is 60.8 Å². The highest BCUT2D eigenvalue weighted by molar-refractivity contribution is 6.32. The number of hydrogen-bond donors (Lipinski definition) is 0. The number of rotatable bonds is 3. The molecular formula is C19H10ClF3N4O. The Balaban J connectivity index is 1.64. The number of hydrogen-bond acceptors (Lipinski definition) is 5. The third kappa shape index (κ3) is 3.72. The van der Waals surface area contributed by atoms with E-state index in [2.05, 4.69) is 19.9 Å². The maximum absolute atomic E-state index is 12.7. The number of nitrogens with zero attached hydrogens (tertiary/aromatic N) is 4. The molecule has 0 aliphatic rings. The van der Waals surface area contributed by atoms with Crippen LogP contribution in [0, 0.1) is 0 Å². The smallest absolute Gasteiger partial charge is 0.433 e. The van der Waals surface area contributed by atoms with Gasteiger partial charge in [-0.2, -0.15) is 13.2 Å². The number of benzene rings is 1. The molecule has 3 aromatic heterocycles. The highest BCUT2D eigenvalue weighted by atomic mass is 35.5. The molecule has 0 unspecified atom stereocenters. The van der Waals surface area contributed by atoms with Crippen molar-refractivity contribution < 1.29 is 17.9 Å². The van der Waals surface area contributed by atoms with E-state index < -0.39 is 11.9 Å². The summed E-state index contributed by atoms with van der Waals surface area (Å²) in [7, 11) is 0. The summed E-state index contributed by atoms with van der Waals surface area (Å²) in [6.45, 7) is 0. The van der Waals surface area contributed by atoms with Gasteiger partial charge in [0.25, 0.3) is 0 Å². The van der Waals surface area contributed by atoms with Crippen LogP contribution in [0.5, 0.6) is 11.6 Å². The minimum Gasteiger partial charge on any atom is -0.439 e. The fourth-order valence-corrected chi connectivity index (χ4v) is 2.81. The van der Waals surface area contributed by atoms with Gasteiger partial charge >= 0.3 is 6.18 Å². The first-order chi connectivity index (χ1) is 13.4. The van der Waals surface area contributed by atoms with E-state index in [1.807, 2.05) is 18.2 Å². The van der Waals surface area contributed by atoms with Gasteiger partial charge in [-0.05, 0) is 30.3 Å². The Morgan fingerprint density at radius 1 is 0.929 bits per heavy atom. The summed E-state index contributed by atoms with van der Waals surface area (Å²) < 4.78 is 44.0. The van der Waals surface area contributed by atoms with Gasteiger partial charge in [-0.1, -0.05) is 17.7 Å². The van der Waals surface area contributed by atoms with Gasteiger partial charge in [-0.3, -0.25) is 4.98 Å². The molecule has 0 spiro atoms. The Morgan fingerprint density at radius 3 is 2.57 bits per heavy atom. The molecule has 0 aliphatic heterocycles. The average Bonchev–Trinajstić information content (AvgIpc) is 2.67. The van der Waals surface area contributed by atoms with Crippen molar-refractivity contribution >= 4 is 22.5 Å². The predicted molar refractivity (Wildman–Crippen MR) is 97.1 cm³/mol. The monoisotopic (exact) mass is 402 g/mol. The van der Waals surface area contributed by atoms with E-state index in [1.54, 1.807) is 18.3 Å². The maximum atomic E-state index is 12.7. The number of ether oxygens (including phenoxy) is 1. The third-order valence-electron chi connectivity index (χ3n) is 3.86. The Hall–Kier alpha value is -3.26. The van der Waals surface area contributed by atoms with Crippen LogP contribution in [-0.2, 0) is 6.18 Å². The first-order valence-corrected chi connectivity index (χ1v) is 8.37. The molecule has 5 nitrogen and oxygen atoms in total. The van der Waals surface area contributed by atoms with Crippen LogP contribution in [0.25, 0.3) is 22.2 Å². The molecule has 0 amide bonds. The van der Waals surface area contributed by atoms with Crippen molar-refractivity contribution in [3.8, 4) is 22.9 Å². The molecule has 0 saturated heterocycles. The number of alkyl halides is 3. The maximum Gasteiger partial charge on any atom is 0.433 e. The lowest BCUT2D eigenvalue weighted by molar-refractivity contribution is -0.141. The van der Waals surface area contributed by atoms with E-state index in [0.29, 0.717) is 5.75 Å². The van der Waals surface area contributed by atoms with Crippen LogP contribution >= 0.6 is 11.6 Å².